The zero-order valence-electron chi connectivity index (χ0n) is 7.29. The summed E-state index contributed by atoms with van der Waals surface area (Å²) in [6.45, 7) is 0.739. The van der Waals surface area contributed by atoms with Crippen molar-refractivity contribution in [3.8, 4) is 0 Å². The molecule has 0 radical (unpaired) electrons. The highest BCUT2D eigenvalue weighted by molar-refractivity contribution is 5.38. The zero-order valence-corrected chi connectivity index (χ0v) is 7.29. The van der Waals surface area contributed by atoms with Gasteiger partial charge in [-0.2, -0.15) is 8.78 Å². The summed E-state index contributed by atoms with van der Waals surface area (Å²) in [5.74, 6) is -3.03. The Hall–Kier alpha value is -1.72. The molecule has 2 heterocycles. The van der Waals surface area contributed by atoms with E-state index in [-0.39, 0.29) is 5.65 Å². The quantitative estimate of drug-likeness (QED) is 0.748. The summed E-state index contributed by atoms with van der Waals surface area (Å²) in [7, 11) is 0. The van der Waals surface area contributed by atoms with Gasteiger partial charge in [0.15, 0.2) is 0 Å². The number of aromatic amines is 1. The number of imidazole rings is 1. The molecule has 74 valence electrons. The summed E-state index contributed by atoms with van der Waals surface area (Å²) in [6.07, 6.45) is 2.40. The molecule has 0 unspecified atom stereocenters. The lowest BCUT2D eigenvalue weighted by Gasteiger charge is -2.03. The fourth-order valence-corrected chi connectivity index (χ4v) is 1.14. The van der Waals surface area contributed by atoms with E-state index in [0.717, 1.165) is 17.5 Å². The average molecular weight is 199 g/mol. The van der Waals surface area contributed by atoms with E-state index in [9.17, 15) is 13.6 Å². The van der Waals surface area contributed by atoms with Crippen molar-refractivity contribution in [3.63, 3.8) is 0 Å². The van der Waals surface area contributed by atoms with Crippen LogP contribution in [0.4, 0.5) is 8.78 Å². The maximum atomic E-state index is 12.8. The van der Waals surface area contributed by atoms with Crippen LogP contribution in [0.5, 0.6) is 0 Å². The minimum absolute atomic E-state index is 0.213. The van der Waals surface area contributed by atoms with Gasteiger partial charge in [0.2, 0.25) is 0 Å². The predicted octanol–water partition coefficient (Wildman–Crippen LogP) is 1.13. The van der Waals surface area contributed by atoms with E-state index in [1.165, 1.54) is 12.3 Å². The minimum atomic E-state index is -3.03. The highest BCUT2D eigenvalue weighted by atomic mass is 19.3. The van der Waals surface area contributed by atoms with E-state index < -0.39 is 17.3 Å². The first-order valence-corrected chi connectivity index (χ1v) is 3.93. The van der Waals surface area contributed by atoms with E-state index >= 15 is 0 Å². The molecule has 0 aromatic carbocycles. The first-order valence-electron chi connectivity index (χ1n) is 3.93. The molecule has 0 saturated heterocycles. The van der Waals surface area contributed by atoms with Crippen molar-refractivity contribution in [2.45, 2.75) is 12.8 Å². The molecule has 0 saturated carbocycles. The first-order chi connectivity index (χ1) is 6.48. The smallest absolute Gasteiger partial charge is 0.314 e. The summed E-state index contributed by atoms with van der Waals surface area (Å²) in [6, 6.07) is 1.46. The van der Waals surface area contributed by atoms with E-state index in [1.54, 1.807) is 0 Å². The van der Waals surface area contributed by atoms with Crippen molar-refractivity contribution < 1.29 is 8.78 Å². The summed E-state index contributed by atoms with van der Waals surface area (Å²) in [5, 5.41) is 0. The lowest BCUT2D eigenvalue weighted by molar-refractivity contribution is 0.0133. The van der Waals surface area contributed by atoms with Gasteiger partial charge in [0.1, 0.15) is 11.3 Å². The van der Waals surface area contributed by atoms with Crippen molar-refractivity contribution >= 4 is 5.65 Å². The average Bonchev–Trinajstić information content (AvgIpc) is 2.48. The Kier molecular flexibility index (Phi) is 1.67. The minimum Gasteiger partial charge on any atom is -0.314 e. The highest BCUT2D eigenvalue weighted by Gasteiger charge is 2.27. The van der Waals surface area contributed by atoms with Crippen molar-refractivity contribution in [2.75, 3.05) is 0 Å². The molecule has 1 N–H and O–H groups in total. The molecule has 0 amide bonds. The largest absolute Gasteiger partial charge is 0.331 e. The second-order valence-corrected chi connectivity index (χ2v) is 3.03. The highest BCUT2D eigenvalue weighted by Crippen LogP contribution is 2.25. The third-order valence-electron chi connectivity index (χ3n) is 1.84. The second kappa shape index (κ2) is 2.63. The molecule has 0 aliphatic rings. The molecule has 0 aliphatic carbocycles. The monoisotopic (exact) mass is 199 g/mol. The van der Waals surface area contributed by atoms with E-state index in [1.807, 2.05) is 0 Å². The van der Waals surface area contributed by atoms with Crippen LogP contribution >= 0.6 is 0 Å². The Bertz CT molecular complexity index is 523. The topological polar surface area (TPSA) is 50.2 Å². The molecule has 2 rings (SSSR count). The first kappa shape index (κ1) is 8.86. The van der Waals surface area contributed by atoms with Crippen LogP contribution < -0.4 is 5.69 Å². The third-order valence-corrected chi connectivity index (χ3v) is 1.84. The van der Waals surface area contributed by atoms with Gasteiger partial charge in [-0.05, 0) is 6.07 Å². The fraction of sp³-hybridized carbons (Fsp3) is 0.250. The van der Waals surface area contributed by atoms with Crippen molar-refractivity contribution in [1.29, 1.82) is 0 Å². The maximum absolute atomic E-state index is 12.8. The maximum Gasteiger partial charge on any atom is 0.331 e. The third kappa shape index (κ3) is 1.28. The molecular weight excluding hydrogens is 192 g/mol. The summed E-state index contributed by atoms with van der Waals surface area (Å²) in [5.41, 5.74) is -0.676. The van der Waals surface area contributed by atoms with E-state index in [4.69, 9.17) is 0 Å². The molecule has 4 nitrogen and oxygen atoms in total. The summed E-state index contributed by atoms with van der Waals surface area (Å²) in [4.78, 5) is 17.1. The van der Waals surface area contributed by atoms with Crippen LogP contribution in [-0.2, 0) is 5.92 Å². The number of nitrogens with zero attached hydrogens (tertiary/aromatic N) is 2. The Morgan fingerprint density at radius 1 is 1.57 bits per heavy atom. The van der Waals surface area contributed by atoms with Gasteiger partial charge in [0, 0.05) is 19.3 Å². The van der Waals surface area contributed by atoms with Crippen LogP contribution in [0.25, 0.3) is 5.65 Å². The van der Waals surface area contributed by atoms with Gasteiger partial charge in [-0.25, -0.2) is 9.78 Å². The molecule has 2 aromatic rings. The number of aromatic nitrogens is 3. The van der Waals surface area contributed by atoms with Crippen LogP contribution in [0, 0.1) is 0 Å². The lowest BCUT2D eigenvalue weighted by Crippen LogP contribution is -2.14. The summed E-state index contributed by atoms with van der Waals surface area (Å²) < 4.78 is 26.7. The van der Waals surface area contributed by atoms with Crippen molar-refractivity contribution in [1.82, 2.24) is 14.4 Å². The van der Waals surface area contributed by atoms with Gasteiger partial charge in [0.05, 0.1) is 0 Å². The number of alkyl halides is 2. The molecular formula is C8H7F2N3O. The van der Waals surface area contributed by atoms with E-state index in [2.05, 4.69) is 9.97 Å². The van der Waals surface area contributed by atoms with E-state index in [0.29, 0.717) is 0 Å². The predicted molar refractivity (Wildman–Crippen MR) is 45.4 cm³/mol. The Balaban J connectivity index is 2.75. The number of fused-ring (bicyclic) bond motifs is 1. The summed E-state index contributed by atoms with van der Waals surface area (Å²) >= 11 is 0. The van der Waals surface area contributed by atoms with Gasteiger partial charge < -0.3 is 4.98 Å². The van der Waals surface area contributed by atoms with Crippen LogP contribution in [0.2, 0.25) is 0 Å². The number of H-pyrrole nitrogens is 1. The van der Waals surface area contributed by atoms with Gasteiger partial charge in [-0.15, -0.1) is 0 Å². The molecule has 0 atom stereocenters. The van der Waals surface area contributed by atoms with Crippen LogP contribution in [0.1, 0.15) is 12.6 Å². The van der Waals surface area contributed by atoms with Crippen molar-refractivity contribution in [2.24, 2.45) is 0 Å². The molecule has 0 spiro atoms. The standard InChI is InChI=1S/C8H7F2N3O/c1-8(9,10)5-4-13-6(12-5)2-3-11-7(13)14/h2-4H,1H3,(H,11,14). The van der Waals surface area contributed by atoms with Crippen LogP contribution in [0.3, 0.4) is 0 Å². The van der Waals surface area contributed by atoms with Gasteiger partial charge in [0.25, 0.3) is 5.92 Å². The Morgan fingerprint density at radius 2 is 2.29 bits per heavy atom. The number of hydrogen-bond donors (Lipinski definition) is 1. The molecule has 14 heavy (non-hydrogen) atoms. The molecule has 2 aromatic heterocycles. The van der Waals surface area contributed by atoms with Crippen molar-refractivity contribution in [3.05, 3.63) is 34.6 Å². The molecule has 0 fully saturated rings. The Morgan fingerprint density at radius 3 is 2.86 bits per heavy atom. The second-order valence-electron chi connectivity index (χ2n) is 3.03. The fourth-order valence-electron chi connectivity index (χ4n) is 1.14. The number of rotatable bonds is 1. The lowest BCUT2D eigenvalue weighted by atomic mass is 10.3. The normalized spacial score (nSPS) is 12.2. The number of nitrogens with one attached hydrogen (secondary N) is 1. The molecule has 0 aliphatic heterocycles. The zero-order chi connectivity index (χ0) is 10.3. The Labute approximate surface area is 77.2 Å². The van der Waals surface area contributed by atoms with Gasteiger partial charge in [-0.3, -0.25) is 4.40 Å². The SMILES string of the molecule is CC(F)(F)c1cn2c(=O)[nH]ccc2n1. The van der Waals surface area contributed by atoms with Crippen LogP contribution in [0.15, 0.2) is 23.3 Å². The number of halogens is 2. The number of hydrogen-bond acceptors (Lipinski definition) is 2. The van der Waals surface area contributed by atoms with Crippen LogP contribution in [-0.4, -0.2) is 14.4 Å². The molecule has 6 heteroatoms. The van der Waals surface area contributed by atoms with Gasteiger partial charge >= 0.3 is 5.69 Å². The molecule has 0 bridgehead atoms. The van der Waals surface area contributed by atoms with Gasteiger partial charge in [-0.1, -0.05) is 0 Å².